The quantitative estimate of drug-likeness (QED) is 0.869. The van der Waals surface area contributed by atoms with Crippen LogP contribution in [0.5, 0.6) is 0 Å². The van der Waals surface area contributed by atoms with E-state index >= 15 is 0 Å². The average molecular weight is 245 g/mol. The third kappa shape index (κ3) is 2.13. The molecule has 1 fully saturated rings. The van der Waals surface area contributed by atoms with Gasteiger partial charge in [0.15, 0.2) is 12.0 Å². The Kier molecular flexibility index (Phi) is 3.30. The van der Waals surface area contributed by atoms with Gasteiger partial charge in [0.25, 0.3) is 0 Å². The Morgan fingerprint density at radius 2 is 2.22 bits per heavy atom. The molecule has 0 saturated carbocycles. The summed E-state index contributed by atoms with van der Waals surface area (Å²) in [6.07, 6.45) is 3.95. The van der Waals surface area contributed by atoms with Gasteiger partial charge in [-0.1, -0.05) is 6.07 Å². The summed E-state index contributed by atoms with van der Waals surface area (Å²) in [7, 11) is 2.04. The molecule has 1 unspecified atom stereocenters. The van der Waals surface area contributed by atoms with Gasteiger partial charge < -0.3 is 15.1 Å². The molecule has 0 bridgehead atoms. The molecule has 3 rings (SSSR count). The number of hydrogen-bond donors (Lipinski definition) is 2. The van der Waals surface area contributed by atoms with Crippen LogP contribution in [0.3, 0.4) is 0 Å². The van der Waals surface area contributed by atoms with Gasteiger partial charge in [-0.05, 0) is 56.6 Å². The Balaban J connectivity index is 1.89. The lowest BCUT2D eigenvalue weighted by Crippen LogP contribution is -2.35. The smallest absolute Gasteiger partial charge is 0.181 e. The number of benzene rings is 1. The highest BCUT2D eigenvalue weighted by molar-refractivity contribution is 5.72. The topological polar surface area (TPSA) is 50.1 Å². The monoisotopic (exact) mass is 245 g/mol. The molecule has 18 heavy (non-hydrogen) atoms. The molecule has 2 aromatic rings. The first-order chi connectivity index (χ1) is 8.88. The molecule has 4 heteroatoms. The van der Waals surface area contributed by atoms with Crippen LogP contribution in [-0.4, -0.2) is 25.1 Å². The second-order valence-corrected chi connectivity index (χ2v) is 4.93. The highest BCUT2D eigenvalue weighted by Gasteiger charge is 2.23. The number of aromatic nitrogens is 1. The van der Waals surface area contributed by atoms with Gasteiger partial charge in [-0.15, -0.1) is 0 Å². The fourth-order valence-electron chi connectivity index (χ4n) is 2.92. The Hall–Kier alpha value is -1.39. The Morgan fingerprint density at radius 1 is 1.39 bits per heavy atom. The van der Waals surface area contributed by atoms with Crippen LogP contribution in [0, 0.1) is 5.92 Å². The standard InChI is InChI=1S/C14H19N3O/c1-15-14(10-4-6-16-7-5-10)11-2-3-12-13(8-11)18-9-17-12/h2-3,8-10,14-16H,4-7H2,1H3. The van der Waals surface area contributed by atoms with Crippen molar-refractivity contribution in [2.75, 3.05) is 20.1 Å². The Morgan fingerprint density at radius 3 is 3.00 bits per heavy atom. The van der Waals surface area contributed by atoms with Crippen LogP contribution in [0.4, 0.5) is 0 Å². The van der Waals surface area contributed by atoms with E-state index in [1.807, 2.05) is 13.1 Å². The minimum absolute atomic E-state index is 0.404. The van der Waals surface area contributed by atoms with Crippen molar-refractivity contribution in [3.63, 3.8) is 0 Å². The zero-order valence-corrected chi connectivity index (χ0v) is 10.6. The number of nitrogens with one attached hydrogen (secondary N) is 2. The predicted molar refractivity (Wildman–Crippen MR) is 71.4 cm³/mol. The molecule has 1 aliphatic rings. The molecule has 1 saturated heterocycles. The number of oxazole rings is 1. The van der Waals surface area contributed by atoms with E-state index in [0.717, 1.165) is 24.2 Å². The SMILES string of the molecule is CNC(c1ccc2ncoc2c1)C1CCNCC1. The van der Waals surface area contributed by atoms with Gasteiger partial charge in [0, 0.05) is 6.04 Å². The molecule has 0 amide bonds. The summed E-state index contributed by atoms with van der Waals surface area (Å²) in [6, 6.07) is 6.72. The fraction of sp³-hybridized carbons (Fsp3) is 0.500. The molecule has 96 valence electrons. The maximum Gasteiger partial charge on any atom is 0.181 e. The van der Waals surface area contributed by atoms with Crippen molar-refractivity contribution in [1.82, 2.24) is 15.6 Å². The first-order valence-electron chi connectivity index (χ1n) is 6.59. The van der Waals surface area contributed by atoms with Gasteiger partial charge >= 0.3 is 0 Å². The molecule has 2 heterocycles. The Bertz CT molecular complexity index is 516. The van der Waals surface area contributed by atoms with E-state index in [2.05, 4.69) is 27.8 Å². The van der Waals surface area contributed by atoms with E-state index in [0.29, 0.717) is 12.0 Å². The maximum atomic E-state index is 5.39. The van der Waals surface area contributed by atoms with Gasteiger partial charge in [-0.2, -0.15) is 0 Å². The molecule has 0 spiro atoms. The normalized spacial score (nSPS) is 19.2. The summed E-state index contributed by atoms with van der Waals surface area (Å²) in [6.45, 7) is 2.24. The molecule has 1 aliphatic heterocycles. The molecule has 1 aromatic heterocycles. The summed E-state index contributed by atoms with van der Waals surface area (Å²) < 4.78 is 5.39. The molecular formula is C14H19N3O. The molecule has 0 aliphatic carbocycles. The number of rotatable bonds is 3. The lowest BCUT2D eigenvalue weighted by atomic mass is 9.86. The van der Waals surface area contributed by atoms with Crippen molar-refractivity contribution < 1.29 is 4.42 Å². The third-order valence-corrected chi connectivity index (χ3v) is 3.88. The molecule has 1 aromatic carbocycles. The van der Waals surface area contributed by atoms with Crippen LogP contribution in [0.25, 0.3) is 11.1 Å². The lowest BCUT2D eigenvalue weighted by Gasteiger charge is -2.30. The van der Waals surface area contributed by atoms with Crippen LogP contribution in [0.2, 0.25) is 0 Å². The fourth-order valence-corrected chi connectivity index (χ4v) is 2.92. The van der Waals surface area contributed by atoms with Crippen LogP contribution in [0.1, 0.15) is 24.4 Å². The lowest BCUT2D eigenvalue weighted by molar-refractivity contribution is 0.294. The van der Waals surface area contributed by atoms with Crippen molar-refractivity contribution in [3.8, 4) is 0 Å². The second kappa shape index (κ2) is 5.08. The number of nitrogens with zero attached hydrogens (tertiary/aromatic N) is 1. The van der Waals surface area contributed by atoms with Crippen molar-refractivity contribution in [2.45, 2.75) is 18.9 Å². The highest BCUT2D eigenvalue weighted by Crippen LogP contribution is 2.30. The van der Waals surface area contributed by atoms with E-state index in [-0.39, 0.29) is 0 Å². The second-order valence-electron chi connectivity index (χ2n) is 4.93. The average Bonchev–Trinajstić information content (AvgIpc) is 2.88. The molecule has 4 nitrogen and oxygen atoms in total. The summed E-state index contributed by atoms with van der Waals surface area (Å²) in [5.74, 6) is 0.691. The van der Waals surface area contributed by atoms with E-state index in [1.165, 1.54) is 24.8 Å². The van der Waals surface area contributed by atoms with Crippen LogP contribution >= 0.6 is 0 Å². The minimum atomic E-state index is 0.404. The number of fused-ring (bicyclic) bond motifs is 1. The van der Waals surface area contributed by atoms with Gasteiger partial charge in [-0.25, -0.2) is 4.98 Å². The van der Waals surface area contributed by atoms with Crippen LogP contribution in [0.15, 0.2) is 29.0 Å². The molecular weight excluding hydrogens is 226 g/mol. The van der Waals surface area contributed by atoms with Crippen molar-refractivity contribution >= 4 is 11.1 Å². The van der Waals surface area contributed by atoms with Crippen molar-refractivity contribution in [2.24, 2.45) is 5.92 Å². The van der Waals surface area contributed by atoms with Crippen molar-refractivity contribution in [3.05, 3.63) is 30.2 Å². The highest BCUT2D eigenvalue weighted by atomic mass is 16.3. The van der Waals surface area contributed by atoms with Crippen LogP contribution < -0.4 is 10.6 Å². The number of hydrogen-bond acceptors (Lipinski definition) is 4. The van der Waals surface area contributed by atoms with Gasteiger partial charge in [0.1, 0.15) is 5.52 Å². The summed E-state index contributed by atoms with van der Waals surface area (Å²) in [5.41, 5.74) is 3.11. The first kappa shape index (κ1) is 11.7. The van der Waals surface area contributed by atoms with E-state index in [1.54, 1.807) is 0 Å². The summed E-state index contributed by atoms with van der Waals surface area (Å²) >= 11 is 0. The van der Waals surface area contributed by atoms with Gasteiger partial charge in [-0.3, -0.25) is 0 Å². The minimum Gasteiger partial charge on any atom is -0.443 e. The maximum absolute atomic E-state index is 5.39. The summed E-state index contributed by atoms with van der Waals surface area (Å²) in [4.78, 5) is 4.16. The van der Waals surface area contributed by atoms with E-state index in [9.17, 15) is 0 Å². The molecule has 0 radical (unpaired) electrons. The zero-order chi connectivity index (χ0) is 12.4. The third-order valence-electron chi connectivity index (χ3n) is 3.88. The first-order valence-corrected chi connectivity index (χ1v) is 6.59. The van der Waals surface area contributed by atoms with Crippen LogP contribution in [-0.2, 0) is 0 Å². The molecule has 1 atom stereocenters. The Labute approximate surface area is 107 Å². The summed E-state index contributed by atoms with van der Waals surface area (Å²) in [5, 5.41) is 6.87. The number of piperidine rings is 1. The van der Waals surface area contributed by atoms with Gasteiger partial charge in [0.2, 0.25) is 0 Å². The van der Waals surface area contributed by atoms with E-state index < -0.39 is 0 Å². The van der Waals surface area contributed by atoms with Crippen molar-refractivity contribution in [1.29, 1.82) is 0 Å². The molecule has 2 N–H and O–H groups in total. The van der Waals surface area contributed by atoms with E-state index in [4.69, 9.17) is 4.42 Å². The van der Waals surface area contributed by atoms with Gasteiger partial charge in [0.05, 0.1) is 0 Å². The predicted octanol–water partition coefficient (Wildman–Crippen LogP) is 2.09. The zero-order valence-electron chi connectivity index (χ0n) is 10.6. The largest absolute Gasteiger partial charge is 0.443 e.